The summed E-state index contributed by atoms with van der Waals surface area (Å²) < 4.78 is 1.12. The van der Waals surface area contributed by atoms with Crippen molar-refractivity contribution in [1.82, 2.24) is 0 Å². The fraction of sp³-hybridized carbons (Fsp3) is 0.300. The molecular formula is C10H10BrN. The van der Waals surface area contributed by atoms with E-state index in [1.54, 1.807) is 0 Å². The molecule has 1 aromatic rings. The van der Waals surface area contributed by atoms with Gasteiger partial charge in [0.05, 0.1) is 5.69 Å². The van der Waals surface area contributed by atoms with E-state index in [4.69, 9.17) is 0 Å². The molecule has 0 saturated carbocycles. The third-order valence-electron chi connectivity index (χ3n) is 2.18. The van der Waals surface area contributed by atoms with Gasteiger partial charge in [-0.15, -0.1) is 0 Å². The minimum Gasteiger partial charge on any atom is -0.260 e. The average molecular weight is 224 g/mol. The van der Waals surface area contributed by atoms with Crippen LogP contribution in [-0.4, -0.2) is 6.21 Å². The number of halogens is 1. The Bertz CT molecular complexity index is 353. The Hall–Kier alpha value is -0.630. The maximum Gasteiger partial charge on any atom is 0.0668 e. The zero-order valence-electron chi connectivity index (χ0n) is 7.13. The van der Waals surface area contributed by atoms with Crippen molar-refractivity contribution in [1.29, 1.82) is 0 Å². The highest BCUT2D eigenvalue weighted by Crippen LogP contribution is 2.37. The molecule has 1 aromatic carbocycles. The Morgan fingerprint density at radius 2 is 2.08 bits per heavy atom. The monoisotopic (exact) mass is 223 g/mol. The second-order valence-electron chi connectivity index (χ2n) is 3.64. The fourth-order valence-electron chi connectivity index (χ4n) is 1.44. The summed E-state index contributed by atoms with van der Waals surface area (Å²) >= 11 is 3.46. The number of rotatable bonds is 0. The zero-order valence-corrected chi connectivity index (χ0v) is 8.72. The number of hydrogen-bond donors (Lipinski definition) is 0. The van der Waals surface area contributed by atoms with Crippen molar-refractivity contribution in [3.8, 4) is 0 Å². The first-order valence-electron chi connectivity index (χ1n) is 3.95. The molecule has 0 atom stereocenters. The van der Waals surface area contributed by atoms with E-state index < -0.39 is 0 Å². The van der Waals surface area contributed by atoms with Gasteiger partial charge in [-0.3, -0.25) is 4.99 Å². The summed E-state index contributed by atoms with van der Waals surface area (Å²) in [5, 5.41) is 0. The van der Waals surface area contributed by atoms with E-state index in [1.807, 2.05) is 18.3 Å². The van der Waals surface area contributed by atoms with E-state index in [-0.39, 0.29) is 5.41 Å². The second kappa shape index (κ2) is 2.43. The van der Waals surface area contributed by atoms with Crippen molar-refractivity contribution in [3.63, 3.8) is 0 Å². The predicted octanol–water partition coefficient (Wildman–Crippen LogP) is 3.44. The topological polar surface area (TPSA) is 12.4 Å². The summed E-state index contributed by atoms with van der Waals surface area (Å²) in [6, 6.07) is 6.21. The fourth-order valence-corrected chi connectivity index (χ4v) is 1.80. The van der Waals surface area contributed by atoms with Crippen molar-refractivity contribution < 1.29 is 0 Å². The molecule has 0 spiro atoms. The van der Waals surface area contributed by atoms with Gasteiger partial charge in [0.2, 0.25) is 0 Å². The number of aliphatic imine (C=N–C) groups is 1. The molecule has 1 aliphatic rings. The first kappa shape index (κ1) is 7.99. The summed E-state index contributed by atoms with van der Waals surface area (Å²) in [5.41, 5.74) is 2.50. The highest BCUT2D eigenvalue weighted by Gasteiger charge is 2.26. The molecule has 0 saturated heterocycles. The lowest BCUT2D eigenvalue weighted by Gasteiger charge is -2.15. The van der Waals surface area contributed by atoms with Gasteiger partial charge in [0.25, 0.3) is 0 Å². The quantitative estimate of drug-likeness (QED) is 0.640. The van der Waals surface area contributed by atoms with E-state index in [1.165, 1.54) is 5.56 Å². The Morgan fingerprint density at radius 1 is 1.33 bits per heavy atom. The van der Waals surface area contributed by atoms with E-state index in [0.717, 1.165) is 10.2 Å². The van der Waals surface area contributed by atoms with Crippen LogP contribution in [0.15, 0.2) is 27.7 Å². The van der Waals surface area contributed by atoms with Gasteiger partial charge in [-0.05, 0) is 23.8 Å². The van der Waals surface area contributed by atoms with Gasteiger partial charge >= 0.3 is 0 Å². The zero-order chi connectivity index (χ0) is 8.77. The molecule has 0 aromatic heterocycles. The van der Waals surface area contributed by atoms with Crippen LogP contribution >= 0.6 is 15.9 Å². The molecule has 0 N–H and O–H groups in total. The Kier molecular flexibility index (Phi) is 1.62. The highest BCUT2D eigenvalue weighted by molar-refractivity contribution is 9.10. The Balaban J connectivity index is 2.63. The largest absolute Gasteiger partial charge is 0.260 e. The van der Waals surface area contributed by atoms with Gasteiger partial charge < -0.3 is 0 Å². The maximum atomic E-state index is 4.35. The molecule has 0 aliphatic carbocycles. The molecule has 0 bridgehead atoms. The summed E-state index contributed by atoms with van der Waals surface area (Å²) in [6.07, 6.45) is 2.00. The van der Waals surface area contributed by atoms with Crippen LogP contribution in [0.25, 0.3) is 0 Å². The van der Waals surface area contributed by atoms with Crippen LogP contribution in [0.3, 0.4) is 0 Å². The third kappa shape index (κ3) is 1.11. The smallest absolute Gasteiger partial charge is 0.0668 e. The van der Waals surface area contributed by atoms with Gasteiger partial charge in [0.1, 0.15) is 0 Å². The van der Waals surface area contributed by atoms with Crippen molar-refractivity contribution in [3.05, 3.63) is 28.2 Å². The van der Waals surface area contributed by atoms with Crippen LogP contribution in [0.1, 0.15) is 19.4 Å². The van der Waals surface area contributed by atoms with E-state index in [2.05, 4.69) is 40.8 Å². The molecular weight excluding hydrogens is 214 g/mol. The number of hydrogen-bond acceptors (Lipinski definition) is 1. The first-order valence-corrected chi connectivity index (χ1v) is 4.74. The summed E-state index contributed by atoms with van der Waals surface area (Å²) in [4.78, 5) is 4.35. The van der Waals surface area contributed by atoms with Crippen LogP contribution in [0.2, 0.25) is 0 Å². The molecule has 2 heteroatoms. The standard InChI is InChI=1S/C10H10BrN/c1-10(2)6-12-9-4-3-7(11)5-8(9)10/h3-6H,1-2H3. The molecule has 1 heterocycles. The van der Waals surface area contributed by atoms with Crippen molar-refractivity contribution in [2.75, 3.05) is 0 Å². The molecule has 0 amide bonds. The van der Waals surface area contributed by atoms with Gasteiger partial charge in [-0.1, -0.05) is 29.8 Å². The van der Waals surface area contributed by atoms with Crippen molar-refractivity contribution >= 4 is 27.8 Å². The van der Waals surface area contributed by atoms with Crippen LogP contribution in [-0.2, 0) is 5.41 Å². The van der Waals surface area contributed by atoms with Gasteiger partial charge in [-0.25, -0.2) is 0 Å². The minimum absolute atomic E-state index is 0.0963. The van der Waals surface area contributed by atoms with E-state index in [0.29, 0.717) is 0 Å². The summed E-state index contributed by atoms with van der Waals surface area (Å²) in [5.74, 6) is 0. The third-order valence-corrected chi connectivity index (χ3v) is 2.67. The van der Waals surface area contributed by atoms with E-state index >= 15 is 0 Å². The van der Waals surface area contributed by atoms with Crippen LogP contribution in [0.4, 0.5) is 5.69 Å². The van der Waals surface area contributed by atoms with Gasteiger partial charge in [0.15, 0.2) is 0 Å². The minimum atomic E-state index is 0.0963. The van der Waals surface area contributed by atoms with Gasteiger partial charge in [0, 0.05) is 16.1 Å². The second-order valence-corrected chi connectivity index (χ2v) is 4.56. The number of nitrogens with zero attached hydrogens (tertiary/aromatic N) is 1. The molecule has 0 fully saturated rings. The predicted molar refractivity (Wildman–Crippen MR) is 55.3 cm³/mol. The average Bonchev–Trinajstić information content (AvgIpc) is 2.28. The molecule has 62 valence electrons. The number of fused-ring (bicyclic) bond motifs is 1. The summed E-state index contributed by atoms with van der Waals surface area (Å²) in [6.45, 7) is 4.35. The van der Waals surface area contributed by atoms with Crippen LogP contribution < -0.4 is 0 Å². The van der Waals surface area contributed by atoms with Crippen LogP contribution in [0.5, 0.6) is 0 Å². The molecule has 1 aliphatic heterocycles. The highest BCUT2D eigenvalue weighted by atomic mass is 79.9. The number of benzene rings is 1. The summed E-state index contributed by atoms with van der Waals surface area (Å²) in [7, 11) is 0. The normalized spacial score (nSPS) is 17.9. The van der Waals surface area contributed by atoms with Crippen LogP contribution in [0, 0.1) is 0 Å². The lowest BCUT2D eigenvalue weighted by molar-refractivity contribution is 0.752. The SMILES string of the molecule is CC1(C)C=Nc2ccc(Br)cc21. The van der Waals surface area contributed by atoms with Crippen molar-refractivity contribution in [2.24, 2.45) is 4.99 Å². The molecule has 1 nitrogen and oxygen atoms in total. The lowest BCUT2D eigenvalue weighted by atomic mass is 9.87. The van der Waals surface area contributed by atoms with Gasteiger partial charge in [-0.2, -0.15) is 0 Å². The van der Waals surface area contributed by atoms with Crippen molar-refractivity contribution in [2.45, 2.75) is 19.3 Å². The first-order chi connectivity index (χ1) is 5.59. The maximum absolute atomic E-state index is 4.35. The molecule has 12 heavy (non-hydrogen) atoms. The molecule has 0 unspecified atom stereocenters. The molecule has 2 rings (SSSR count). The lowest BCUT2D eigenvalue weighted by Crippen LogP contribution is -2.14. The van der Waals surface area contributed by atoms with E-state index in [9.17, 15) is 0 Å². The Labute approximate surface area is 80.6 Å². The Morgan fingerprint density at radius 3 is 2.83 bits per heavy atom. The molecule has 0 radical (unpaired) electrons.